The molecule has 3 heterocycles. The molecule has 0 aliphatic carbocycles. The third-order valence-electron chi connectivity index (χ3n) is 6.01. The van der Waals surface area contributed by atoms with Crippen molar-refractivity contribution in [2.24, 2.45) is 0 Å². The first-order valence-corrected chi connectivity index (χ1v) is 10.6. The lowest BCUT2D eigenvalue weighted by atomic mass is 9.82. The van der Waals surface area contributed by atoms with Crippen LogP contribution in [0.4, 0.5) is 23.8 Å². The Morgan fingerprint density at radius 1 is 1.12 bits per heavy atom. The molecule has 0 radical (unpaired) electrons. The molecule has 4 rings (SSSR count). The first kappa shape index (κ1) is 22.8. The van der Waals surface area contributed by atoms with Crippen LogP contribution in [0.15, 0.2) is 24.3 Å². The summed E-state index contributed by atoms with van der Waals surface area (Å²) in [6, 6.07) is 4.14. The zero-order valence-electron chi connectivity index (χ0n) is 18.8. The summed E-state index contributed by atoms with van der Waals surface area (Å²) in [7, 11) is 0. The van der Waals surface area contributed by atoms with Gasteiger partial charge in [0.1, 0.15) is 11.6 Å². The largest absolute Gasteiger partial charge is 0.465 e. The standard InChI is InChI=1S/C22H25F3N6O2/c1-12-26-27-19-5-6-20(28-31(12)19)29-8-7-13(14-9-16(24)17(25)10-15(14)23)18(11-29)30(21(32)33)22(2,3)4/h5-6,9-10,13,18H,7-8,11H2,1-4H3,(H,32,33)/t13-,18+/m1/s1. The minimum absolute atomic E-state index is 0.0351. The van der Waals surface area contributed by atoms with Gasteiger partial charge in [0.25, 0.3) is 0 Å². The summed E-state index contributed by atoms with van der Waals surface area (Å²) in [6.45, 7) is 7.59. The molecule has 0 spiro atoms. The molecule has 1 aliphatic rings. The molecule has 8 nitrogen and oxygen atoms in total. The number of aryl methyl sites for hydroxylation is 1. The first-order chi connectivity index (χ1) is 15.5. The van der Waals surface area contributed by atoms with Gasteiger partial charge in [-0.05, 0) is 57.9 Å². The average Bonchev–Trinajstić information content (AvgIpc) is 3.10. The number of aromatic nitrogens is 4. The van der Waals surface area contributed by atoms with Crippen molar-refractivity contribution in [1.29, 1.82) is 0 Å². The van der Waals surface area contributed by atoms with E-state index < -0.39 is 41.0 Å². The number of rotatable bonds is 3. The molecule has 2 atom stereocenters. The molecule has 0 saturated carbocycles. The highest BCUT2D eigenvalue weighted by molar-refractivity contribution is 5.67. The highest BCUT2D eigenvalue weighted by atomic mass is 19.2. The first-order valence-electron chi connectivity index (χ1n) is 10.6. The third kappa shape index (κ3) is 4.19. The number of benzene rings is 1. The van der Waals surface area contributed by atoms with Crippen LogP contribution in [0.5, 0.6) is 0 Å². The van der Waals surface area contributed by atoms with Gasteiger partial charge >= 0.3 is 6.09 Å². The Morgan fingerprint density at radius 2 is 1.82 bits per heavy atom. The number of carbonyl (C=O) groups is 1. The fourth-order valence-corrected chi connectivity index (χ4v) is 4.57. The number of carboxylic acid groups (broad SMARTS) is 1. The molecule has 1 fully saturated rings. The maximum absolute atomic E-state index is 14.7. The van der Waals surface area contributed by atoms with Crippen molar-refractivity contribution in [3.05, 3.63) is 53.1 Å². The minimum atomic E-state index is -1.28. The summed E-state index contributed by atoms with van der Waals surface area (Å²) in [5.41, 5.74) is -0.282. The Labute approximate surface area is 188 Å². The lowest BCUT2D eigenvalue weighted by Gasteiger charge is -2.48. The van der Waals surface area contributed by atoms with E-state index in [4.69, 9.17) is 0 Å². The number of amides is 1. The van der Waals surface area contributed by atoms with Crippen LogP contribution in [-0.4, -0.2) is 60.6 Å². The molecule has 1 N–H and O–H groups in total. The van der Waals surface area contributed by atoms with E-state index in [0.717, 1.165) is 6.07 Å². The molecule has 0 bridgehead atoms. The summed E-state index contributed by atoms with van der Waals surface area (Å²) in [6.07, 6.45) is -0.867. The monoisotopic (exact) mass is 462 g/mol. The van der Waals surface area contributed by atoms with Gasteiger partial charge in [-0.2, -0.15) is 4.52 Å². The van der Waals surface area contributed by atoms with Gasteiger partial charge in [0.2, 0.25) is 0 Å². The Hall–Kier alpha value is -3.37. The third-order valence-corrected chi connectivity index (χ3v) is 6.01. The predicted octanol–water partition coefficient (Wildman–Crippen LogP) is 3.99. The van der Waals surface area contributed by atoms with Gasteiger partial charge in [-0.3, -0.25) is 4.90 Å². The topological polar surface area (TPSA) is 86.9 Å². The van der Waals surface area contributed by atoms with Crippen LogP contribution in [0.1, 0.15) is 44.5 Å². The van der Waals surface area contributed by atoms with Gasteiger partial charge in [-0.1, -0.05) is 0 Å². The SMILES string of the molecule is Cc1nnc2ccc(N3CC[C@H](c4cc(F)c(F)cc4F)[C@@H](N(C(=O)O)C(C)(C)C)C3)nn12. The van der Waals surface area contributed by atoms with Gasteiger partial charge in [0, 0.05) is 30.6 Å². The van der Waals surface area contributed by atoms with Crippen molar-refractivity contribution < 1.29 is 23.1 Å². The van der Waals surface area contributed by atoms with E-state index in [1.165, 1.54) is 4.90 Å². The van der Waals surface area contributed by atoms with E-state index in [-0.39, 0.29) is 12.1 Å². The lowest BCUT2D eigenvalue weighted by molar-refractivity contribution is 0.0562. The zero-order valence-corrected chi connectivity index (χ0v) is 18.8. The molecule has 176 valence electrons. The fraction of sp³-hybridized carbons (Fsp3) is 0.455. The van der Waals surface area contributed by atoms with E-state index in [9.17, 15) is 23.1 Å². The summed E-state index contributed by atoms with van der Waals surface area (Å²) in [4.78, 5) is 15.5. The highest BCUT2D eigenvalue weighted by Gasteiger charge is 2.43. The number of piperidine rings is 1. The van der Waals surface area contributed by atoms with E-state index in [1.54, 1.807) is 44.3 Å². The molecule has 1 aromatic carbocycles. The second-order valence-corrected chi connectivity index (χ2v) is 9.23. The zero-order chi connectivity index (χ0) is 24.1. The Balaban J connectivity index is 1.77. The van der Waals surface area contributed by atoms with E-state index in [2.05, 4.69) is 15.3 Å². The molecular weight excluding hydrogens is 437 g/mol. The van der Waals surface area contributed by atoms with Gasteiger partial charge in [0.15, 0.2) is 23.1 Å². The second kappa shape index (κ2) is 8.20. The van der Waals surface area contributed by atoms with Crippen LogP contribution in [0.25, 0.3) is 5.65 Å². The molecule has 1 saturated heterocycles. The van der Waals surface area contributed by atoms with Crippen molar-refractivity contribution in [3.8, 4) is 0 Å². The summed E-state index contributed by atoms with van der Waals surface area (Å²) in [5.74, 6) is -2.83. The molecule has 2 aromatic heterocycles. The molecule has 1 amide bonds. The fourth-order valence-electron chi connectivity index (χ4n) is 4.57. The molecular formula is C22H25F3N6O2. The Morgan fingerprint density at radius 3 is 2.48 bits per heavy atom. The van der Waals surface area contributed by atoms with Crippen LogP contribution in [0.2, 0.25) is 0 Å². The van der Waals surface area contributed by atoms with Crippen LogP contribution in [-0.2, 0) is 0 Å². The van der Waals surface area contributed by atoms with Gasteiger partial charge < -0.3 is 10.0 Å². The van der Waals surface area contributed by atoms with Crippen LogP contribution in [0, 0.1) is 24.4 Å². The highest BCUT2D eigenvalue weighted by Crippen LogP contribution is 2.37. The predicted molar refractivity (Wildman–Crippen MR) is 115 cm³/mol. The van der Waals surface area contributed by atoms with E-state index >= 15 is 0 Å². The Bertz CT molecular complexity index is 1210. The van der Waals surface area contributed by atoms with E-state index in [0.29, 0.717) is 36.3 Å². The maximum atomic E-state index is 14.7. The quantitative estimate of drug-likeness (QED) is 0.593. The van der Waals surface area contributed by atoms with Crippen molar-refractivity contribution in [3.63, 3.8) is 0 Å². The number of fused-ring (bicyclic) bond motifs is 1. The number of hydrogen-bond donors (Lipinski definition) is 1. The summed E-state index contributed by atoms with van der Waals surface area (Å²) < 4.78 is 43.9. The van der Waals surface area contributed by atoms with Crippen molar-refractivity contribution in [1.82, 2.24) is 24.7 Å². The van der Waals surface area contributed by atoms with Crippen molar-refractivity contribution >= 4 is 17.6 Å². The lowest BCUT2D eigenvalue weighted by Crippen LogP contribution is -2.59. The average molecular weight is 462 g/mol. The molecule has 3 aromatic rings. The number of halogens is 3. The van der Waals surface area contributed by atoms with Crippen LogP contribution >= 0.6 is 0 Å². The van der Waals surface area contributed by atoms with Crippen molar-refractivity contribution in [2.45, 2.75) is 51.6 Å². The number of anilines is 1. The van der Waals surface area contributed by atoms with Crippen LogP contribution < -0.4 is 4.90 Å². The van der Waals surface area contributed by atoms with Gasteiger partial charge in [0.05, 0.1) is 6.04 Å². The maximum Gasteiger partial charge on any atom is 0.408 e. The normalized spacial score (nSPS) is 19.2. The second-order valence-electron chi connectivity index (χ2n) is 9.23. The molecule has 33 heavy (non-hydrogen) atoms. The smallest absolute Gasteiger partial charge is 0.408 e. The number of hydrogen-bond acceptors (Lipinski definition) is 5. The van der Waals surface area contributed by atoms with Crippen LogP contribution in [0.3, 0.4) is 0 Å². The Kier molecular flexibility index (Phi) is 5.67. The van der Waals surface area contributed by atoms with Gasteiger partial charge in [-0.25, -0.2) is 18.0 Å². The summed E-state index contributed by atoms with van der Waals surface area (Å²) >= 11 is 0. The molecule has 0 unspecified atom stereocenters. The molecule has 1 aliphatic heterocycles. The van der Waals surface area contributed by atoms with E-state index in [1.807, 2.05) is 4.90 Å². The molecule has 11 heteroatoms. The van der Waals surface area contributed by atoms with Gasteiger partial charge in [-0.15, -0.1) is 15.3 Å². The van der Waals surface area contributed by atoms with Crippen molar-refractivity contribution in [2.75, 3.05) is 18.0 Å². The minimum Gasteiger partial charge on any atom is -0.465 e. The number of nitrogens with zero attached hydrogens (tertiary/aromatic N) is 6. The summed E-state index contributed by atoms with van der Waals surface area (Å²) in [5, 5.41) is 22.6.